The van der Waals surface area contributed by atoms with E-state index in [1.807, 2.05) is 0 Å². The van der Waals surface area contributed by atoms with Crippen LogP contribution < -0.4 is 16.0 Å². The van der Waals surface area contributed by atoms with Gasteiger partial charge in [-0.2, -0.15) is 0 Å². The van der Waals surface area contributed by atoms with Gasteiger partial charge in [-0.1, -0.05) is 26.2 Å². The molecule has 0 radical (unpaired) electrons. The van der Waals surface area contributed by atoms with E-state index in [9.17, 15) is 18.5 Å². The van der Waals surface area contributed by atoms with Crippen LogP contribution in [0.2, 0.25) is 0 Å². The van der Waals surface area contributed by atoms with Crippen LogP contribution in [0.15, 0.2) is 28.1 Å². The Bertz CT molecular complexity index is 780. The molecule has 10 heteroatoms. The molecule has 0 bridgehead atoms. The molecule has 1 aromatic rings. The van der Waals surface area contributed by atoms with Crippen molar-refractivity contribution in [1.29, 1.82) is 0 Å². The van der Waals surface area contributed by atoms with Gasteiger partial charge in [0.05, 0.1) is 9.82 Å². The zero-order valence-electron chi connectivity index (χ0n) is 17.0. The van der Waals surface area contributed by atoms with Crippen molar-refractivity contribution >= 4 is 27.2 Å². The maximum atomic E-state index is 11.6. The van der Waals surface area contributed by atoms with E-state index >= 15 is 0 Å². The summed E-state index contributed by atoms with van der Waals surface area (Å²) in [6, 6.07) is 4.15. The van der Waals surface area contributed by atoms with E-state index in [1.165, 1.54) is 25.0 Å². The second-order valence-corrected chi connectivity index (χ2v) is 8.69. The first-order valence-corrected chi connectivity index (χ1v) is 11.3. The van der Waals surface area contributed by atoms with Crippen LogP contribution in [0.4, 0.5) is 11.4 Å². The first-order valence-electron chi connectivity index (χ1n) is 9.38. The van der Waals surface area contributed by atoms with E-state index in [-0.39, 0.29) is 16.3 Å². The monoisotopic (exact) mass is 413 g/mol. The Kier molecular flexibility index (Phi) is 9.70. The van der Waals surface area contributed by atoms with Crippen molar-refractivity contribution in [3.63, 3.8) is 0 Å². The molecule has 0 aliphatic carbocycles. The summed E-state index contributed by atoms with van der Waals surface area (Å²) in [7, 11) is -1.81. The zero-order valence-corrected chi connectivity index (χ0v) is 17.8. The SMILES string of the molecule is CCCCCC(C)NC(=NC)NCCNc1ccc(S(C)(=O)=O)cc1[N+](=O)[O-]. The standard InChI is InChI=1S/C18H31N5O4S/c1-5-6-7-8-14(2)22-18(19-3)21-12-11-20-16-10-9-15(28(4,26)27)13-17(16)23(24)25/h9-10,13-14,20H,5-8,11-12H2,1-4H3,(H2,19,21,22). The minimum Gasteiger partial charge on any atom is -0.378 e. The Balaban J connectivity index is 2.57. The minimum atomic E-state index is -3.50. The van der Waals surface area contributed by atoms with E-state index < -0.39 is 14.8 Å². The number of nitrogens with zero attached hydrogens (tertiary/aromatic N) is 2. The molecule has 0 saturated heterocycles. The van der Waals surface area contributed by atoms with Crippen LogP contribution in [0.5, 0.6) is 0 Å². The summed E-state index contributed by atoms with van der Waals surface area (Å²) in [4.78, 5) is 14.7. The Labute approximate surface area is 167 Å². The fraction of sp³-hybridized carbons (Fsp3) is 0.611. The van der Waals surface area contributed by atoms with E-state index in [0.29, 0.717) is 25.1 Å². The predicted octanol–water partition coefficient (Wildman–Crippen LogP) is 2.54. The Morgan fingerprint density at radius 2 is 2.00 bits per heavy atom. The molecule has 0 aliphatic rings. The topological polar surface area (TPSA) is 126 Å². The van der Waals surface area contributed by atoms with Crippen LogP contribution in [0.1, 0.15) is 39.5 Å². The zero-order chi connectivity index (χ0) is 21.2. The number of rotatable bonds is 11. The smallest absolute Gasteiger partial charge is 0.293 e. The van der Waals surface area contributed by atoms with Crippen LogP contribution in [-0.2, 0) is 9.84 Å². The molecule has 1 unspecified atom stereocenters. The highest BCUT2D eigenvalue weighted by Crippen LogP contribution is 2.27. The number of anilines is 1. The minimum absolute atomic E-state index is 0.0791. The van der Waals surface area contributed by atoms with E-state index in [0.717, 1.165) is 25.2 Å². The van der Waals surface area contributed by atoms with Gasteiger partial charge in [0, 0.05) is 38.5 Å². The molecule has 0 spiro atoms. The molecular weight excluding hydrogens is 382 g/mol. The summed E-state index contributed by atoms with van der Waals surface area (Å²) < 4.78 is 23.2. The number of nitro benzene ring substituents is 1. The third-order valence-electron chi connectivity index (χ3n) is 4.17. The van der Waals surface area contributed by atoms with Crippen LogP contribution in [-0.4, -0.2) is 51.7 Å². The highest BCUT2D eigenvalue weighted by molar-refractivity contribution is 7.90. The first kappa shape index (κ1) is 23.7. The predicted molar refractivity (Wildman–Crippen MR) is 113 cm³/mol. The highest BCUT2D eigenvalue weighted by atomic mass is 32.2. The van der Waals surface area contributed by atoms with Gasteiger partial charge in [-0.05, 0) is 25.5 Å². The molecule has 0 fully saturated rings. The summed E-state index contributed by atoms with van der Waals surface area (Å²) in [5.74, 6) is 0.674. The second-order valence-electron chi connectivity index (χ2n) is 6.68. The van der Waals surface area contributed by atoms with Crippen molar-refractivity contribution < 1.29 is 13.3 Å². The van der Waals surface area contributed by atoms with Gasteiger partial charge in [0.2, 0.25) is 0 Å². The largest absolute Gasteiger partial charge is 0.378 e. The number of hydrogen-bond acceptors (Lipinski definition) is 6. The summed E-state index contributed by atoms with van der Waals surface area (Å²) in [6.45, 7) is 5.18. The van der Waals surface area contributed by atoms with Crippen molar-refractivity contribution in [1.82, 2.24) is 10.6 Å². The van der Waals surface area contributed by atoms with Gasteiger partial charge in [-0.25, -0.2) is 8.42 Å². The van der Waals surface area contributed by atoms with Gasteiger partial charge in [-0.3, -0.25) is 15.1 Å². The van der Waals surface area contributed by atoms with Gasteiger partial charge in [0.15, 0.2) is 15.8 Å². The fourth-order valence-electron chi connectivity index (χ4n) is 2.62. The van der Waals surface area contributed by atoms with Gasteiger partial charge >= 0.3 is 0 Å². The van der Waals surface area contributed by atoms with Crippen LogP contribution in [0.3, 0.4) is 0 Å². The Morgan fingerprint density at radius 1 is 1.29 bits per heavy atom. The molecule has 0 heterocycles. The van der Waals surface area contributed by atoms with E-state index in [1.54, 1.807) is 7.05 Å². The van der Waals surface area contributed by atoms with Crippen LogP contribution >= 0.6 is 0 Å². The van der Waals surface area contributed by atoms with Crippen molar-refractivity contribution in [3.8, 4) is 0 Å². The van der Waals surface area contributed by atoms with Crippen molar-refractivity contribution in [3.05, 3.63) is 28.3 Å². The maximum Gasteiger partial charge on any atom is 0.293 e. The fourth-order valence-corrected chi connectivity index (χ4v) is 3.26. The number of nitrogens with one attached hydrogen (secondary N) is 3. The third-order valence-corrected chi connectivity index (χ3v) is 5.28. The Morgan fingerprint density at radius 3 is 2.57 bits per heavy atom. The van der Waals surface area contributed by atoms with Gasteiger partial charge < -0.3 is 16.0 Å². The second kappa shape index (κ2) is 11.5. The summed E-state index contributed by atoms with van der Waals surface area (Å²) in [6.07, 6.45) is 5.63. The van der Waals surface area contributed by atoms with Gasteiger partial charge in [-0.15, -0.1) is 0 Å². The number of benzene rings is 1. The maximum absolute atomic E-state index is 11.6. The molecule has 1 aromatic carbocycles. The molecule has 0 aromatic heterocycles. The number of aliphatic imine (C=N–C) groups is 1. The number of nitro groups is 1. The average molecular weight is 414 g/mol. The van der Waals surface area contributed by atoms with Gasteiger partial charge in [0.1, 0.15) is 5.69 Å². The normalized spacial score (nSPS) is 13.1. The third kappa shape index (κ3) is 8.12. The molecule has 1 rings (SSSR count). The number of unbranched alkanes of at least 4 members (excludes halogenated alkanes) is 2. The van der Waals surface area contributed by atoms with E-state index in [4.69, 9.17) is 0 Å². The van der Waals surface area contributed by atoms with Crippen LogP contribution in [0, 0.1) is 10.1 Å². The summed E-state index contributed by atoms with van der Waals surface area (Å²) in [5, 5.41) is 20.7. The van der Waals surface area contributed by atoms with E-state index in [2.05, 4.69) is 34.8 Å². The quantitative estimate of drug-likeness (QED) is 0.167. The molecule has 0 saturated carbocycles. The summed E-state index contributed by atoms with van der Waals surface area (Å²) >= 11 is 0. The summed E-state index contributed by atoms with van der Waals surface area (Å²) in [5.41, 5.74) is 0.00468. The Hall–Kier alpha value is -2.36. The lowest BCUT2D eigenvalue weighted by molar-refractivity contribution is -0.384. The molecule has 0 amide bonds. The van der Waals surface area contributed by atoms with Crippen molar-refractivity contribution in [2.75, 3.05) is 31.7 Å². The lowest BCUT2D eigenvalue weighted by atomic mass is 10.1. The van der Waals surface area contributed by atoms with Crippen molar-refractivity contribution in [2.24, 2.45) is 4.99 Å². The average Bonchev–Trinajstić information content (AvgIpc) is 2.63. The number of sulfone groups is 1. The van der Waals surface area contributed by atoms with Gasteiger partial charge in [0.25, 0.3) is 5.69 Å². The first-order chi connectivity index (χ1) is 13.2. The molecule has 158 valence electrons. The lowest BCUT2D eigenvalue weighted by Gasteiger charge is -2.18. The van der Waals surface area contributed by atoms with Crippen LogP contribution in [0.25, 0.3) is 0 Å². The number of guanidine groups is 1. The lowest BCUT2D eigenvalue weighted by Crippen LogP contribution is -2.43. The molecule has 28 heavy (non-hydrogen) atoms. The number of hydrogen-bond donors (Lipinski definition) is 3. The molecule has 1 atom stereocenters. The van der Waals surface area contributed by atoms with Crippen molar-refractivity contribution in [2.45, 2.75) is 50.5 Å². The molecule has 0 aliphatic heterocycles. The molecule has 3 N–H and O–H groups in total. The molecule has 9 nitrogen and oxygen atoms in total. The molecular formula is C18H31N5O4S. The highest BCUT2D eigenvalue weighted by Gasteiger charge is 2.18.